The lowest BCUT2D eigenvalue weighted by Gasteiger charge is -2.24. The van der Waals surface area contributed by atoms with Crippen LogP contribution in [0.25, 0.3) is 0 Å². The zero-order valence-corrected chi connectivity index (χ0v) is 39.6. The molecule has 0 spiro atoms. The fourth-order valence-corrected chi connectivity index (χ4v) is 8.48. The number of fused-ring (bicyclic) bond motifs is 2. The minimum atomic E-state index is -1.86. The van der Waals surface area contributed by atoms with Gasteiger partial charge in [-0.2, -0.15) is 0 Å². The van der Waals surface area contributed by atoms with Gasteiger partial charge in [-0.05, 0) is 64.0 Å². The number of esters is 2. The molecule has 2 aliphatic heterocycles. The summed E-state index contributed by atoms with van der Waals surface area (Å²) in [5.41, 5.74) is -0.356. The first-order valence-electron chi connectivity index (χ1n) is 22.9. The number of methoxy groups -OCH3 is 2. The maximum Gasteiger partial charge on any atom is 0.345 e. The number of carbonyl (C=O) groups is 4. The fourth-order valence-electron chi connectivity index (χ4n) is 8.48. The van der Waals surface area contributed by atoms with E-state index >= 15 is 0 Å². The number of aromatic carboxylic acids is 2. The van der Waals surface area contributed by atoms with Crippen LogP contribution in [0.2, 0.25) is 0 Å². The van der Waals surface area contributed by atoms with E-state index in [9.17, 15) is 54.9 Å². The van der Waals surface area contributed by atoms with Crippen molar-refractivity contribution in [3.05, 3.63) is 80.9 Å². The number of hydrogen-bond acceptors (Lipinski definition) is 15. The van der Waals surface area contributed by atoms with Crippen molar-refractivity contribution in [2.75, 3.05) is 14.2 Å². The third-order valence-electron chi connectivity index (χ3n) is 12.1. The van der Waals surface area contributed by atoms with Crippen molar-refractivity contribution in [2.24, 2.45) is 0 Å². The van der Waals surface area contributed by atoms with Crippen LogP contribution in [-0.2, 0) is 33.7 Å². The molecular formula is C51H62O17. The Kier molecular flexibility index (Phi) is 17.1. The summed E-state index contributed by atoms with van der Waals surface area (Å²) < 4.78 is 33.8. The SMILES string of the molecule is CCCCCc1c(Oc2cc(OC)cc3c2C(=O)OC3(C)CCCC)c(O)cc(O)c1C(=O)O.CCCCCc1c(Oc2cc(OC)cc3c2C(=O)OC3(O)CCCC)c(O)cc(O)c1C(=O)O. The molecule has 7 N–H and O–H groups in total. The first-order valence-corrected chi connectivity index (χ1v) is 22.9. The lowest BCUT2D eigenvalue weighted by Crippen LogP contribution is -2.25. The maximum atomic E-state index is 12.9. The number of aromatic hydroxyl groups is 4. The molecule has 0 radical (unpaired) electrons. The summed E-state index contributed by atoms with van der Waals surface area (Å²) >= 11 is 0. The Hall–Kier alpha value is -6.88. The zero-order valence-electron chi connectivity index (χ0n) is 39.6. The predicted molar refractivity (Wildman–Crippen MR) is 247 cm³/mol. The number of cyclic esters (lactones) is 2. The number of carboxylic acid groups (broad SMARTS) is 2. The van der Waals surface area contributed by atoms with Gasteiger partial charge in [0, 0.05) is 52.9 Å². The first-order chi connectivity index (χ1) is 32.3. The Balaban J connectivity index is 0.000000254. The van der Waals surface area contributed by atoms with Crippen LogP contribution in [0, 0.1) is 0 Å². The molecule has 2 atom stereocenters. The first kappa shape index (κ1) is 52.1. The minimum absolute atomic E-state index is 0.0386. The largest absolute Gasteiger partial charge is 0.507 e. The number of phenols is 4. The van der Waals surface area contributed by atoms with Gasteiger partial charge in [-0.25, -0.2) is 19.2 Å². The highest BCUT2D eigenvalue weighted by Crippen LogP contribution is 2.51. The number of ether oxygens (including phenoxy) is 6. The zero-order chi connectivity index (χ0) is 50.1. The summed E-state index contributed by atoms with van der Waals surface area (Å²) in [6.45, 7) is 9.83. The van der Waals surface area contributed by atoms with Gasteiger partial charge >= 0.3 is 23.9 Å². The Bertz CT molecular complexity index is 2360. The molecule has 4 aromatic rings. The molecule has 17 heteroatoms. The molecule has 6 rings (SSSR count). The van der Waals surface area contributed by atoms with E-state index in [4.69, 9.17) is 28.4 Å². The summed E-state index contributed by atoms with van der Waals surface area (Å²) in [6, 6.07) is 7.96. The minimum Gasteiger partial charge on any atom is -0.507 e. The molecule has 0 amide bonds. The summed E-state index contributed by atoms with van der Waals surface area (Å²) in [7, 11) is 2.90. The standard InChI is InChI=1S/C26H32O8.C25H30O9/c1-5-7-9-10-16-21(24(29)30)18(27)14-19(28)23(16)33-20-13-15(32-4)12-17-22(20)25(31)34-26(17,3)11-8-6-2;1-4-6-8-9-15-20(23(28)29)17(26)13-18(27)22(15)33-19-12-14(32-3)11-16-21(19)24(30)34-25(16,31)10-7-5-2/h12-14,27-28H,5-11H2,1-4H3,(H,29,30);11-13,26-27,31H,4-10H2,1-3H3,(H,28,29). The highest BCUT2D eigenvalue weighted by atomic mass is 16.7. The van der Waals surface area contributed by atoms with Gasteiger partial charge in [0.05, 0.1) is 14.2 Å². The van der Waals surface area contributed by atoms with Gasteiger partial charge in [0.2, 0.25) is 5.79 Å². The molecule has 0 fully saturated rings. The van der Waals surface area contributed by atoms with Gasteiger partial charge in [-0.3, -0.25) is 0 Å². The lowest BCUT2D eigenvalue weighted by atomic mass is 9.89. The second-order valence-electron chi connectivity index (χ2n) is 17.0. The van der Waals surface area contributed by atoms with Crippen LogP contribution in [-0.4, -0.2) is 73.8 Å². The van der Waals surface area contributed by atoms with E-state index < -0.39 is 58.3 Å². The van der Waals surface area contributed by atoms with Gasteiger partial charge in [-0.15, -0.1) is 0 Å². The number of carboxylic acids is 2. The second-order valence-corrected chi connectivity index (χ2v) is 17.0. The summed E-state index contributed by atoms with van der Waals surface area (Å²) in [6.07, 6.45) is 9.00. The van der Waals surface area contributed by atoms with Crippen LogP contribution in [0.5, 0.6) is 57.5 Å². The number of phenolic OH excluding ortho intramolecular Hbond substituents is 2. The molecule has 0 saturated heterocycles. The molecule has 2 heterocycles. The van der Waals surface area contributed by atoms with Crippen molar-refractivity contribution in [3.8, 4) is 57.5 Å². The van der Waals surface area contributed by atoms with Crippen molar-refractivity contribution < 1.29 is 83.3 Å². The second kappa shape index (κ2) is 22.3. The Morgan fingerprint density at radius 1 is 0.559 bits per heavy atom. The van der Waals surface area contributed by atoms with Crippen LogP contribution in [0.15, 0.2) is 36.4 Å². The number of carbonyl (C=O) groups excluding carboxylic acids is 2. The van der Waals surface area contributed by atoms with Crippen LogP contribution < -0.4 is 18.9 Å². The van der Waals surface area contributed by atoms with E-state index in [1.54, 1.807) is 6.07 Å². The fraction of sp³-hybridized carbons (Fsp3) is 0.451. The Labute approximate surface area is 394 Å². The van der Waals surface area contributed by atoms with Gasteiger partial charge in [0.15, 0.2) is 23.0 Å². The van der Waals surface area contributed by atoms with Crippen LogP contribution in [0.4, 0.5) is 0 Å². The number of hydrogen-bond donors (Lipinski definition) is 7. The molecule has 2 aliphatic rings. The van der Waals surface area contributed by atoms with Gasteiger partial charge in [0.25, 0.3) is 0 Å². The molecule has 17 nitrogen and oxygen atoms in total. The molecular weight excluding hydrogens is 885 g/mol. The number of aliphatic hydroxyl groups is 1. The summed E-state index contributed by atoms with van der Waals surface area (Å²) in [4.78, 5) is 49.5. The average Bonchev–Trinajstić information content (AvgIpc) is 3.70. The summed E-state index contributed by atoms with van der Waals surface area (Å²) in [5, 5.41) is 72.1. The van der Waals surface area contributed by atoms with Gasteiger partial charge in [-0.1, -0.05) is 66.2 Å². The van der Waals surface area contributed by atoms with Gasteiger partial charge < -0.3 is 64.2 Å². The number of benzene rings is 4. The van der Waals surface area contributed by atoms with Crippen LogP contribution in [0.3, 0.4) is 0 Å². The van der Waals surface area contributed by atoms with Crippen molar-refractivity contribution in [1.82, 2.24) is 0 Å². The van der Waals surface area contributed by atoms with Crippen molar-refractivity contribution in [2.45, 2.75) is 136 Å². The molecule has 0 aliphatic carbocycles. The maximum absolute atomic E-state index is 12.9. The van der Waals surface area contributed by atoms with Gasteiger partial charge in [0.1, 0.15) is 62.4 Å². The monoisotopic (exact) mass is 946 g/mol. The molecule has 68 heavy (non-hydrogen) atoms. The molecule has 2 unspecified atom stereocenters. The van der Waals surface area contributed by atoms with Crippen molar-refractivity contribution in [3.63, 3.8) is 0 Å². The molecule has 368 valence electrons. The molecule has 0 saturated carbocycles. The normalized spacial score (nSPS) is 16.8. The lowest BCUT2D eigenvalue weighted by molar-refractivity contribution is -0.168. The van der Waals surface area contributed by atoms with E-state index in [0.29, 0.717) is 37.0 Å². The molecule has 0 bridgehead atoms. The van der Waals surface area contributed by atoms with E-state index in [-0.39, 0.29) is 87.0 Å². The van der Waals surface area contributed by atoms with E-state index in [1.165, 1.54) is 32.4 Å². The summed E-state index contributed by atoms with van der Waals surface area (Å²) in [5.74, 6) is -7.58. The quantitative estimate of drug-likeness (QED) is 0.0285. The van der Waals surface area contributed by atoms with Crippen LogP contribution in [0.1, 0.15) is 175 Å². The number of unbranched alkanes of at least 4 members (excludes halogenated alkanes) is 6. The van der Waals surface area contributed by atoms with Crippen molar-refractivity contribution >= 4 is 23.9 Å². The Morgan fingerprint density at radius 3 is 1.40 bits per heavy atom. The highest BCUT2D eigenvalue weighted by Gasteiger charge is 2.47. The Morgan fingerprint density at radius 2 is 0.971 bits per heavy atom. The van der Waals surface area contributed by atoms with E-state index in [2.05, 4.69) is 6.92 Å². The average molecular weight is 947 g/mol. The molecule has 4 aromatic carbocycles. The molecule has 0 aromatic heterocycles. The highest BCUT2D eigenvalue weighted by molar-refractivity contribution is 5.99. The van der Waals surface area contributed by atoms with E-state index in [0.717, 1.165) is 57.1 Å². The third-order valence-corrected chi connectivity index (χ3v) is 12.1. The number of rotatable bonds is 22. The van der Waals surface area contributed by atoms with Crippen molar-refractivity contribution in [1.29, 1.82) is 0 Å². The smallest absolute Gasteiger partial charge is 0.345 e. The predicted octanol–water partition coefficient (Wildman–Crippen LogP) is 10.7. The topological polar surface area (TPSA) is 265 Å². The third kappa shape index (κ3) is 10.9. The van der Waals surface area contributed by atoms with Crippen LogP contribution >= 0.6 is 0 Å². The van der Waals surface area contributed by atoms with E-state index in [1.807, 2.05) is 27.7 Å².